The first-order valence-electron chi connectivity index (χ1n) is 8.32. The van der Waals surface area contributed by atoms with Crippen LogP contribution in [0.2, 0.25) is 0 Å². The van der Waals surface area contributed by atoms with Crippen molar-refractivity contribution in [2.24, 2.45) is 0 Å². The van der Waals surface area contributed by atoms with Crippen LogP contribution in [0.1, 0.15) is 36.1 Å². The third kappa shape index (κ3) is 2.21. The lowest BCUT2D eigenvalue weighted by atomic mass is 9.79. The molecule has 0 saturated carbocycles. The maximum absolute atomic E-state index is 13.0. The topological polar surface area (TPSA) is 73.0 Å². The number of carbonyl (C=O) groups excluding carboxylic acids is 1. The summed E-state index contributed by atoms with van der Waals surface area (Å²) in [5.74, 6) is 1.70. The molecule has 0 saturated heterocycles. The first-order valence-corrected chi connectivity index (χ1v) is 8.32. The smallest absolute Gasteiger partial charge is 0.226 e. The Hall–Kier alpha value is -3.15. The molecule has 2 aliphatic rings. The average Bonchev–Trinajstić information content (AvgIpc) is 3.32. The van der Waals surface area contributed by atoms with Crippen LogP contribution >= 0.6 is 0 Å². The summed E-state index contributed by atoms with van der Waals surface area (Å²) in [7, 11) is 0. The SMILES string of the molecule is O=C1C[C@H](c2ccco2)CC2=C1[C@H](c1ccccc1)n1ncnc1N2. The van der Waals surface area contributed by atoms with Crippen molar-refractivity contribution in [2.45, 2.75) is 24.8 Å². The third-order valence-corrected chi connectivity index (χ3v) is 4.92. The number of rotatable bonds is 2. The van der Waals surface area contributed by atoms with E-state index in [4.69, 9.17) is 4.42 Å². The zero-order chi connectivity index (χ0) is 16.8. The predicted octanol–water partition coefficient (Wildman–Crippen LogP) is 3.29. The van der Waals surface area contributed by atoms with Crippen LogP contribution in [0.5, 0.6) is 0 Å². The molecular weight excluding hydrogens is 316 g/mol. The zero-order valence-electron chi connectivity index (χ0n) is 13.4. The van der Waals surface area contributed by atoms with E-state index in [9.17, 15) is 4.79 Å². The molecule has 0 bridgehead atoms. The number of benzene rings is 1. The van der Waals surface area contributed by atoms with E-state index in [1.807, 2.05) is 42.5 Å². The molecule has 3 aromatic rings. The number of Topliss-reactive ketones (excluding diaryl/α,β-unsaturated/α-hetero) is 1. The number of ketones is 1. The Morgan fingerprint density at radius 1 is 1.12 bits per heavy atom. The Kier molecular flexibility index (Phi) is 3.09. The average molecular weight is 332 g/mol. The van der Waals surface area contributed by atoms with Gasteiger partial charge in [0.2, 0.25) is 5.95 Å². The fourth-order valence-corrected chi connectivity index (χ4v) is 3.82. The molecule has 0 fully saturated rings. The standard InChI is InChI=1S/C19H16N4O2/c24-15-10-13(16-7-4-8-25-16)9-14-17(15)18(12-5-2-1-3-6-12)23-19(22-14)20-11-21-23/h1-8,11,13,18H,9-10H2,(H,20,21,22)/t13-,18+/m1/s1. The van der Waals surface area contributed by atoms with Gasteiger partial charge >= 0.3 is 0 Å². The van der Waals surface area contributed by atoms with Crippen LogP contribution in [-0.2, 0) is 4.79 Å². The number of nitrogens with one attached hydrogen (secondary N) is 1. The van der Waals surface area contributed by atoms with E-state index >= 15 is 0 Å². The van der Waals surface area contributed by atoms with Crippen LogP contribution < -0.4 is 5.32 Å². The van der Waals surface area contributed by atoms with Gasteiger partial charge in [-0.3, -0.25) is 4.79 Å². The second-order valence-corrected chi connectivity index (χ2v) is 6.40. The summed E-state index contributed by atoms with van der Waals surface area (Å²) in [6.07, 6.45) is 4.35. The van der Waals surface area contributed by atoms with E-state index in [1.54, 1.807) is 10.9 Å². The second kappa shape index (κ2) is 5.44. The number of carbonyl (C=O) groups is 1. The molecule has 1 aliphatic carbocycles. The molecule has 0 spiro atoms. The lowest BCUT2D eigenvalue weighted by Crippen LogP contribution is -2.33. The highest BCUT2D eigenvalue weighted by Crippen LogP contribution is 2.43. The van der Waals surface area contributed by atoms with Crippen molar-refractivity contribution in [1.82, 2.24) is 14.8 Å². The predicted molar refractivity (Wildman–Crippen MR) is 90.9 cm³/mol. The van der Waals surface area contributed by atoms with Crippen molar-refractivity contribution in [3.63, 3.8) is 0 Å². The Morgan fingerprint density at radius 3 is 2.80 bits per heavy atom. The van der Waals surface area contributed by atoms with Gasteiger partial charge in [0, 0.05) is 23.6 Å². The number of nitrogens with zero attached hydrogens (tertiary/aromatic N) is 3. The summed E-state index contributed by atoms with van der Waals surface area (Å²) in [4.78, 5) is 17.4. The number of allylic oxidation sites excluding steroid dienone is 2. The van der Waals surface area contributed by atoms with Crippen molar-refractivity contribution >= 4 is 11.7 Å². The zero-order valence-corrected chi connectivity index (χ0v) is 13.4. The molecule has 6 nitrogen and oxygen atoms in total. The van der Waals surface area contributed by atoms with Crippen LogP contribution in [0.3, 0.4) is 0 Å². The van der Waals surface area contributed by atoms with Gasteiger partial charge in [-0.25, -0.2) is 4.68 Å². The summed E-state index contributed by atoms with van der Waals surface area (Å²) >= 11 is 0. The Labute approximate surface area is 144 Å². The molecule has 0 amide bonds. The van der Waals surface area contributed by atoms with Crippen LogP contribution in [-0.4, -0.2) is 20.5 Å². The molecular formula is C19H16N4O2. The van der Waals surface area contributed by atoms with Gasteiger partial charge in [-0.05, 0) is 24.1 Å². The Bertz CT molecular complexity index is 956. The van der Waals surface area contributed by atoms with Crippen LogP contribution in [0.25, 0.3) is 0 Å². The van der Waals surface area contributed by atoms with Crippen molar-refractivity contribution in [1.29, 1.82) is 0 Å². The van der Waals surface area contributed by atoms with E-state index in [1.165, 1.54) is 6.33 Å². The molecule has 0 radical (unpaired) electrons. The number of hydrogen-bond donors (Lipinski definition) is 1. The molecule has 1 aromatic carbocycles. The molecule has 1 aliphatic heterocycles. The fraction of sp³-hybridized carbons (Fsp3) is 0.211. The van der Waals surface area contributed by atoms with Gasteiger partial charge in [-0.15, -0.1) is 0 Å². The van der Waals surface area contributed by atoms with E-state index in [0.29, 0.717) is 12.4 Å². The quantitative estimate of drug-likeness (QED) is 0.779. The van der Waals surface area contributed by atoms with Crippen molar-refractivity contribution in [3.05, 3.63) is 77.6 Å². The van der Waals surface area contributed by atoms with E-state index in [-0.39, 0.29) is 17.7 Å². The fourth-order valence-electron chi connectivity index (χ4n) is 3.82. The minimum Gasteiger partial charge on any atom is -0.469 e. The molecule has 6 heteroatoms. The lowest BCUT2D eigenvalue weighted by molar-refractivity contribution is -0.117. The summed E-state index contributed by atoms with van der Waals surface area (Å²) in [6.45, 7) is 0. The number of anilines is 1. The highest BCUT2D eigenvalue weighted by Gasteiger charge is 2.39. The van der Waals surface area contributed by atoms with Crippen LogP contribution in [0.4, 0.5) is 5.95 Å². The number of aromatic nitrogens is 3. The molecule has 5 rings (SSSR count). The van der Waals surface area contributed by atoms with Gasteiger partial charge in [0.15, 0.2) is 5.78 Å². The molecule has 124 valence electrons. The Morgan fingerprint density at radius 2 is 2.00 bits per heavy atom. The van der Waals surface area contributed by atoms with E-state index in [2.05, 4.69) is 15.4 Å². The van der Waals surface area contributed by atoms with Gasteiger partial charge in [0.1, 0.15) is 18.1 Å². The van der Waals surface area contributed by atoms with Crippen molar-refractivity contribution in [3.8, 4) is 0 Å². The molecule has 1 N–H and O–H groups in total. The van der Waals surface area contributed by atoms with E-state index < -0.39 is 0 Å². The van der Waals surface area contributed by atoms with Crippen LogP contribution in [0.15, 0.2) is 70.7 Å². The van der Waals surface area contributed by atoms with Gasteiger partial charge in [0.05, 0.1) is 6.26 Å². The normalized spacial score (nSPS) is 22.3. The van der Waals surface area contributed by atoms with Gasteiger partial charge < -0.3 is 9.73 Å². The highest BCUT2D eigenvalue weighted by atomic mass is 16.3. The highest BCUT2D eigenvalue weighted by molar-refractivity contribution is 6.00. The minimum atomic E-state index is -0.236. The second-order valence-electron chi connectivity index (χ2n) is 6.40. The molecule has 25 heavy (non-hydrogen) atoms. The molecule has 3 heterocycles. The van der Waals surface area contributed by atoms with Crippen LogP contribution in [0, 0.1) is 0 Å². The maximum atomic E-state index is 13.0. The first-order chi connectivity index (χ1) is 12.3. The lowest BCUT2D eigenvalue weighted by Gasteiger charge is -2.34. The number of hydrogen-bond acceptors (Lipinski definition) is 5. The first kappa shape index (κ1) is 14.2. The number of furan rings is 1. The number of fused-ring (bicyclic) bond motifs is 1. The van der Waals surface area contributed by atoms with Gasteiger partial charge in [-0.1, -0.05) is 30.3 Å². The summed E-state index contributed by atoms with van der Waals surface area (Å²) in [5, 5.41) is 7.65. The largest absolute Gasteiger partial charge is 0.469 e. The van der Waals surface area contributed by atoms with Crippen molar-refractivity contribution in [2.75, 3.05) is 5.32 Å². The van der Waals surface area contributed by atoms with Gasteiger partial charge in [0.25, 0.3) is 0 Å². The van der Waals surface area contributed by atoms with Crippen molar-refractivity contribution < 1.29 is 9.21 Å². The summed E-state index contributed by atoms with van der Waals surface area (Å²) in [5.41, 5.74) is 2.74. The maximum Gasteiger partial charge on any atom is 0.226 e. The molecule has 0 unspecified atom stereocenters. The van der Waals surface area contributed by atoms with Gasteiger partial charge in [-0.2, -0.15) is 10.1 Å². The Balaban J connectivity index is 1.63. The third-order valence-electron chi connectivity index (χ3n) is 4.92. The molecule has 2 atom stereocenters. The summed E-state index contributed by atoms with van der Waals surface area (Å²) in [6, 6.07) is 13.5. The monoisotopic (exact) mass is 332 g/mol. The summed E-state index contributed by atoms with van der Waals surface area (Å²) < 4.78 is 7.32. The minimum absolute atomic E-state index is 0.0552. The molecule has 2 aromatic heterocycles. The van der Waals surface area contributed by atoms with E-state index in [0.717, 1.165) is 29.0 Å².